The SMILES string of the molecule is CC.CC.N=C(N)c1ccc(-c2ccc(NC(=O)Nc3cccc(C(F)(F)F)c3)cc2)c(F)c1N. The standard InChI is InChI=1S/C21H17F4N5O.2C2H6/c22-17-15(8-9-16(18(17)26)19(27)28)11-4-6-13(7-5-11)29-20(31)30-14-3-1-2-12(10-14)21(23,24)25;2*1-2/h1-10H,26H2,(H3,27,28)(H2,29,30,31);2*1-2H3. The average Bonchev–Trinajstić information content (AvgIpc) is 2.83. The summed E-state index contributed by atoms with van der Waals surface area (Å²) in [5.74, 6) is -1.08. The van der Waals surface area contributed by atoms with Crippen molar-refractivity contribution in [3.63, 3.8) is 0 Å². The summed E-state index contributed by atoms with van der Waals surface area (Å²) in [4.78, 5) is 12.1. The normalized spacial score (nSPS) is 10.2. The predicted octanol–water partition coefficient (Wildman–Crippen LogP) is 7.07. The number of carbonyl (C=O) groups excluding carboxylic acids is 1. The fourth-order valence-electron chi connectivity index (χ4n) is 2.85. The number of amides is 2. The summed E-state index contributed by atoms with van der Waals surface area (Å²) in [6.45, 7) is 8.00. The van der Waals surface area contributed by atoms with Gasteiger partial charge in [0.1, 0.15) is 5.84 Å². The number of nitrogens with one attached hydrogen (secondary N) is 3. The van der Waals surface area contributed by atoms with E-state index in [4.69, 9.17) is 16.9 Å². The molecule has 35 heavy (non-hydrogen) atoms. The minimum Gasteiger partial charge on any atom is -0.396 e. The first-order valence-electron chi connectivity index (χ1n) is 10.8. The number of urea groups is 1. The zero-order chi connectivity index (χ0) is 26.8. The monoisotopic (exact) mass is 491 g/mol. The number of hydrogen-bond acceptors (Lipinski definition) is 3. The van der Waals surface area contributed by atoms with E-state index in [1.165, 1.54) is 48.5 Å². The van der Waals surface area contributed by atoms with Gasteiger partial charge in [-0.3, -0.25) is 5.41 Å². The number of anilines is 3. The van der Waals surface area contributed by atoms with Crippen LogP contribution in [0.1, 0.15) is 38.8 Å². The van der Waals surface area contributed by atoms with E-state index in [0.717, 1.165) is 12.1 Å². The maximum Gasteiger partial charge on any atom is 0.416 e. The number of alkyl halides is 3. The number of carbonyl (C=O) groups is 1. The first-order valence-corrected chi connectivity index (χ1v) is 10.8. The van der Waals surface area contributed by atoms with E-state index in [1.54, 1.807) is 0 Å². The van der Waals surface area contributed by atoms with Gasteiger partial charge in [-0.25, -0.2) is 9.18 Å². The molecule has 6 nitrogen and oxygen atoms in total. The topological polar surface area (TPSA) is 117 Å². The molecule has 2 amide bonds. The molecule has 0 heterocycles. The van der Waals surface area contributed by atoms with Crippen LogP contribution >= 0.6 is 0 Å². The van der Waals surface area contributed by atoms with Gasteiger partial charge in [-0.05, 0) is 42.0 Å². The molecule has 0 unspecified atom stereocenters. The van der Waals surface area contributed by atoms with E-state index in [2.05, 4.69) is 10.6 Å². The number of nitrogen functional groups attached to an aromatic ring is 2. The molecule has 0 fully saturated rings. The summed E-state index contributed by atoms with van der Waals surface area (Å²) in [6, 6.07) is 12.4. The van der Waals surface area contributed by atoms with Crippen molar-refractivity contribution in [2.45, 2.75) is 33.9 Å². The van der Waals surface area contributed by atoms with Gasteiger partial charge >= 0.3 is 12.2 Å². The summed E-state index contributed by atoms with van der Waals surface area (Å²) < 4.78 is 52.8. The Bertz CT molecular complexity index is 1150. The second-order valence-electron chi connectivity index (χ2n) is 6.54. The van der Waals surface area contributed by atoms with Crippen LogP contribution < -0.4 is 22.1 Å². The van der Waals surface area contributed by atoms with Gasteiger partial charge in [0.25, 0.3) is 0 Å². The lowest BCUT2D eigenvalue weighted by atomic mass is 10.0. The second-order valence-corrected chi connectivity index (χ2v) is 6.54. The third-order valence-electron chi connectivity index (χ3n) is 4.37. The van der Waals surface area contributed by atoms with Crippen molar-refractivity contribution in [2.75, 3.05) is 16.4 Å². The summed E-state index contributed by atoms with van der Waals surface area (Å²) >= 11 is 0. The molecule has 188 valence electrons. The van der Waals surface area contributed by atoms with E-state index >= 15 is 0 Å². The molecule has 0 radical (unpaired) electrons. The summed E-state index contributed by atoms with van der Waals surface area (Å²) in [5.41, 5.74) is 11.0. The molecular formula is C25H29F4N5O. The molecule has 7 N–H and O–H groups in total. The van der Waals surface area contributed by atoms with Crippen LogP contribution in [0, 0.1) is 11.2 Å². The zero-order valence-corrected chi connectivity index (χ0v) is 19.8. The molecule has 0 aliphatic rings. The lowest BCUT2D eigenvalue weighted by Gasteiger charge is -2.12. The van der Waals surface area contributed by atoms with Crippen molar-refractivity contribution in [1.82, 2.24) is 0 Å². The molecule has 0 aromatic heterocycles. The van der Waals surface area contributed by atoms with Crippen LogP contribution in [0.5, 0.6) is 0 Å². The molecule has 0 aliphatic carbocycles. The van der Waals surface area contributed by atoms with Gasteiger partial charge in [0.2, 0.25) is 0 Å². The van der Waals surface area contributed by atoms with Crippen LogP contribution in [0.3, 0.4) is 0 Å². The fourth-order valence-corrected chi connectivity index (χ4v) is 2.85. The van der Waals surface area contributed by atoms with Gasteiger partial charge in [0.15, 0.2) is 5.82 Å². The molecule has 0 aliphatic heterocycles. The van der Waals surface area contributed by atoms with E-state index < -0.39 is 23.6 Å². The highest BCUT2D eigenvalue weighted by molar-refractivity contribution is 6.01. The Labute approximate surface area is 201 Å². The largest absolute Gasteiger partial charge is 0.416 e. The van der Waals surface area contributed by atoms with Crippen LogP contribution in [0.25, 0.3) is 11.1 Å². The van der Waals surface area contributed by atoms with Gasteiger partial charge < -0.3 is 22.1 Å². The third kappa shape index (κ3) is 7.73. The molecule has 0 bridgehead atoms. The summed E-state index contributed by atoms with van der Waals surface area (Å²) in [5, 5.41) is 12.2. The van der Waals surface area contributed by atoms with Gasteiger partial charge in [0, 0.05) is 22.5 Å². The number of benzene rings is 3. The highest BCUT2D eigenvalue weighted by Gasteiger charge is 2.30. The molecular weight excluding hydrogens is 462 g/mol. The number of halogens is 4. The fraction of sp³-hybridized carbons (Fsp3) is 0.200. The Morgan fingerprint density at radius 1 is 0.886 bits per heavy atom. The van der Waals surface area contributed by atoms with Gasteiger partial charge in [-0.2, -0.15) is 13.2 Å². The number of rotatable bonds is 4. The average molecular weight is 492 g/mol. The highest BCUT2D eigenvalue weighted by atomic mass is 19.4. The Balaban J connectivity index is 0.00000145. The van der Waals surface area contributed by atoms with Crippen LogP contribution in [-0.2, 0) is 6.18 Å². The predicted molar refractivity (Wildman–Crippen MR) is 134 cm³/mol. The smallest absolute Gasteiger partial charge is 0.396 e. The third-order valence-corrected chi connectivity index (χ3v) is 4.37. The maximum atomic E-state index is 14.5. The number of nitrogens with two attached hydrogens (primary N) is 2. The number of hydrogen-bond donors (Lipinski definition) is 5. The van der Waals surface area contributed by atoms with Crippen molar-refractivity contribution >= 4 is 28.9 Å². The number of amidine groups is 1. The molecule has 0 saturated carbocycles. The van der Waals surface area contributed by atoms with Crippen LogP contribution in [0.2, 0.25) is 0 Å². The summed E-state index contributed by atoms with van der Waals surface area (Å²) in [7, 11) is 0. The van der Waals surface area contributed by atoms with E-state index in [1.807, 2.05) is 27.7 Å². The second kappa shape index (κ2) is 13.0. The van der Waals surface area contributed by atoms with Gasteiger partial charge in [0.05, 0.1) is 11.3 Å². The lowest BCUT2D eigenvalue weighted by molar-refractivity contribution is -0.137. The lowest BCUT2D eigenvalue weighted by Crippen LogP contribution is -2.19. The van der Waals surface area contributed by atoms with E-state index in [9.17, 15) is 22.4 Å². The van der Waals surface area contributed by atoms with Crippen molar-refractivity contribution in [3.8, 4) is 11.1 Å². The van der Waals surface area contributed by atoms with Gasteiger partial charge in [-0.15, -0.1) is 0 Å². The van der Waals surface area contributed by atoms with Crippen LogP contribution in [0.15, 0.2) is 60.7 Å². The first kappa shape index (κ1) is 29.0. The molecule has 3 aromatic carbocycles. The molecule has 0 spiro atoms. The van der Waals surface area contributed by atoms with Crippen LogP contribution in [-0.4, -0.2) is 11.9 Å². The summed E-state index contributed by atoms with van der Waals surface area (Å²) in [6.07, 6.45) is -4.52. The minimum absolute atomic E-state index is 0.0212. The molecule has 0 saturated heterocycles. The molecule has 3 aromatic rings. The van der Waals surface area contributed by atoms with Crippen molar-refractivity contribution < 1.29 is 22.4 Å². The Morgan fingerprint density at radius 2 is 1.46 bits per heavy atom. The quantitative estimate of drug-likeness (QED) is 0.116. The van der Waals surface area contributed by atoms with Gasteiger partial charge in [-0.1, -0.05) is 52.0 Å². The van der Waals surface area contributed by atoms with Crippen LogP contribution in [0.4, 0.5) is 39.4 Å². The zero-order valence-electron chi connectivity index (χ0n) is 19.8. The molecule has 0 atom stereocenters. The Hall–Kier alpha value is -4.08. The maximum absolute atomic E-state index is 14.5. The minimum atomic E-state index is -4.52. The van der Waals surface area contributed by atoms with Crippen molar-refractivity contribution in [3.05, 3.63) is 77.6 Å². The molecule has 10 heteroatoms. The Morgan fingerprint density at radius 3 is 2.00 bits per heavy atom. The first-order chi connectivity index (χ1) is 16.6. The van der Waals surface area contributed by atoms with Crippen molar-refractivity contribution in [1.29, 1.82) is 5.41 Å². The van der Waals surface area contributed by atoms with E-state index in [0.29, 0.717) is 11.3 Å². The molecule has 3 rings (SSSR count). The Kier molecular flexibility index (Phi) is 10.7. The highest BCUT2D eigenvalue weighted by Crippen LogP contribution is 2.31. The van der Waals surface area contributed by atoms with E-state index in [-0.39, 0.29) is 28.3 Å². The van der Waals surface area contributed by atoms with Crippen molar-refractivity contribution in [2.24, 2.45) is 5.73 Å².